The van der Waals surface area contributed by atoms with Crippen molar-refractivity contribution in [2.45, 2.75) is 32.1 Å². The van der Waals surface area contributed by atoms with E-state index in [1.807, 2.05) is 0 Å². The van der Waals surface area contributed by atoms with Crippen molar-refractivity contribution in [1.29, 1.82) is 0 Å². The molecule has 0 bridgehead atoms. The maximum absolute atomic E-state index is 11.8. The van der Waals surface area contributed by atoms with Crippen LogP contribution in [0.5, 0.6) is 0 Å². The van der Waals surface area contributed by atoms with E-state index in [0.29, 0.717) is 6.61 Å². The SMILES string of the molecule is O=C(NCC1(CCO)CC1)C1CCCOC1. The lowest BCUT2D eigenvalue weighted by molar-refractivity contribution is -0.129. The minimum absolute atomic E-state index is 0.0404. The third-order valence-corrected chi connectivity index (χ3v) is 3.77. The lowest BCUT2D eigenvalue weighted by atomic mass is 9.99. The number of aliphatic hydroxyl groups is 1. The van der Waals surface area contributed by atoms with Gasteiger partial charge in [0.1, 0.15) is 0 Å². The molecule has 0 radical (unpaired) electrons. The number of rotatable bonds is 5. The van der Waals surface area contributed by atoms with E-state index in [1.165, 1.54) is 0 Å². The molecule has 1 atom stereocenters. The van der Waals surface area contributed by atoms with Gasteiger partial charge in [0.2, 0.25) is 5.91 Å². The minimum Gasteiger partial charge on any atom is -0.396 e. The van der Waals surface area contributed by atoms with Crippen LogP contribution in [0.3, 0.4) is 0 Å². The molecule has 92 valence electrons. The highest BCUT2D eigenvalue weighted by atomic mass is 16.5. The van der Waals surface area contributed by atoms with Crippen molar-refractivity contribution in [3.8, 4) is 0 Å². The molecule has 0 aromatic rings. The van der Waals surface area contributed by atoms with E-state index in [2.05, 4.69) is 5.32 Å². The molecule has 2 rings (SSSR count). The molecule has 1 heterocycles. The minimum atomic E-state index is 0.0404. The molecule has 4 nitrogen and oxygen atoms in total. The number of hydrogen-bond acceptors (Lipinski definition) is 3. The van der Waals surface area contributed by atoms with Crippen LogP contribution in [0.15, 0.2) is 0 Å². The summed E-state index contributed by atoms with van der Waals surface area (Å²) in [5.41, 5.74) is 0.208. The summed E-state index contributed by atoms with van der Waals surface area (Å²) in [6.07, 6.45) is 5.01. The van der Waals surface area contributed by atoms with Gasteiger partial charge < -0.3 is 15.2 Å². The van der Waals surface area contributed by atoms with Crippen LogP contribution in [0, 0.1) is 11.3 Å². The maximum Gasteiger partial charge on any atom is 0.225 e. The first-order valence-electron chi connectivity index (χ1n) is 6.22. The number of hydrogen-bond donors (Lipinski definition) is 2. The first-order chi connectivity index (χ1) is 7.76. The molecule has 2 N–H and O–H groups in total. The summed E-state index contributed by atoms with van der Waals surface area (Å²) in [4.78, 5) is 11.8. The summed E-state index contributed by atoms with van der Waals surface area (Å²) >= 11 is 0. The normalized spacial score (nSPS) is 27.4. The third-order valence-electron chi connectivity index (χ3n) is 3.77. The van der Waals surface area contributed by atoms with Gasteiger partial charge in [0.25, 0.3) is 0 Å². The summed E-state index contributed by atoms with van der Waals surface area (Å²) in [5.74, 6) is 0.169. The lowest BCUT2D eigenvalue weighted by Gasteiger charge is -2.22. The predicted molar refractivity (Wildman–Crippen MR) is 59.9 cm³/mol. The summed E-state index contributed by atoms with van der Waals surface area (Å²) in [6, 6.07) is 0. The fourth-order valence-corrected chi connectivity index (χ4v) is 2.30. The summed E-state index contributed by atoms with van der Waals surface area (Å²) in [7, 11) is 0. The molecule has 1 saturated heterocycles. The molecular formula is C12H21NO3. The molecule has 2 fully saturated rings. The summed E-state index contributed by atoms with van der Waals surface area (Å²) < 4.78 is 5.30. The Kier molecular flexibility index (Phi) is 3.82. The van der Waals surface area contributed by atoms with Crippen LogP contribution in [0.2, 0.25) is 0 Å². The van der Waals surface area contributed by atoms with Crippen LogP contribution in [0.1, 0.15) is 32.1 Å². The number of aliphatic hydroxyl groups excluding tert-OH is 1. The van der Waals surface area contributed by atoms with E-state index in [0.717, 1.165) is 45.3 Å². The Morgan fingerprint density at radius 1 is 1.50 bits per heavy atom. The Bertz CT molecular complexity index is 245. The zero-order valence-electron chi connectivity index (χ0n) is 9.71. The van der Waals surface area contributed by atoms with E-state index in [9.17, 15) is 4.79 Å². The van der Waals surface area contributed by atoms with Gasteiger partial charge in [0, 0.05) is 19.8 Å². The van der Waals surface area contributed by atoms with Gasteiger partial charge in [0.05, 0.1) is 12.5 Å². The van der Waals surface area contributed by atoms with Crippen molar-refractivity contribution >= 4 is 5.91 Å². The smallest absolute Gasteiger partial charge is 0.225 e. The number of amides is 1. The fraction of sp³-hybridized carbons (Fsp3) is 0.917. The Hall–Kier alpha value is -0.610. The van der Waals surface area contributed by atoms with E-state index < -0.39 is 0 Å². The van der Waals surface area contributed by atoms with Crippen molar-refractivity contribution in [1.82, 2.24) is 5.32 Å². The highest BCUT2D eigenvalue weighted by Gasteiger charge is 2.42. The topological polar surface area (TPSA) is 58.6 Å². The largest absolute Gasteiger partial charge is 0.396 e. The second kappa shape index (κ2) is 5.15. The molecule has 1 aliphatic heterocycles. The van der Waals surface area contributed by atoms with Crippen LogP contribution in [-0.4, -0.2) is 37.4 Å². The van der Waals surface area contributed by atoms with Crippen LogP contribution in [0.4, 0.5) is 0 Å². The first-order valence-corrected chi connectivity index (χ1v) is 6.22. The molecule has 0 spiro atoms. The summed E-state index contributed by atoms with van der Waals surface area (Å²) in [6.45, 7) is 2.31. The molecule has 1 saturated carbocycles. The van der Waals surface area contributed by atoms with Crippen LogP contribution in [-0.2, 0) is 9.53 Å². The third kappa shape index (κ3) is 2.95. The lowest BCUT2D eigenvalue weighted by Crippen LogP contribution is -2.38. The van der Waals surface area contributed by atoms with Crippen molar-refractivity contribution in [2.24, 2.45) is 11.3 Å². The Morgan fingerprint density at radius 3 is 2.88 bits per heavy atom. The van der Waals surface area contributed by atoms with E-state index in [-0.39, 0.29) is 23.8 Å². The van der Waals surface area contributed by atoms with Gasteiger partial charge in [-0.2, -0.15) is 0 Å². The Morgan fingerprint density at radius 2 is 2.31 bits per heavy atom. The van der Waals surface area contributed by atoms with Gasteiger partial charge in [-0.1, -0.05) is 0 Å². The quantitative estimate of drug-likeness (QED) is 0.726. The maximum atomic E-state index is 11.8. The predicted octanol–water partition coefficient (Wildman–Crippen LogP) is 0.692. The number of carbonyl (C=O) groups is 1. The molecule has 1 aliphatic carbocycles. The zero-order valence-corrected chi connectivity index (χ0v) is 9.71. The van der Waals surface area contributed by atoms with Gasteiger partial charge in [0.15, 0.2) is 0 Å². The van der Waals surface area contributed by atoms with Gasteiger partial charge in [-0.15, -0.1) is 0 Å². The molecule has 4 heteroatoms. The standard InChI is InChI=1S/C12H21NO3/c14-6-5-12(3-4-12)9-13-11(15)10-2-1-7-16-8-10/h10,14H,1-9H2,(H,13,15). The van der Waals surface area contributed by atoms with Crippen molar-refractivity contribution in [3.05, 3.63) is 0 Å². The van der Waals surface area contributed by atoms with Gasteiger partial charge in [-0.3, -0.25) is 4.79 Å². The van der Waals surface area contributed by atoms with Crippen LogP contribution in [0.25, 0.3) is 0 Å². The second-order valence-corrected chi connectivity index (χ2v) is 5.11. The number of nitrogens with one attached hydrogen (secondary N) is 1. The molecule has 2 aliphatic rings. The second-order valence-electron chi connectivity index (χ2n) is 5.11. The van der Waals surface area contributed by atoms with E-state index in [4.69, 9.17) is 9.84 Å². The number of ether oxygens (including phenoxy) is 1. The van der Waals surface area contributed by atoms with E-state index >= 15 is 0 Å². The van der Waals surface area contributed by atoms with Gasteiger partial charge in [-0.05, 0) is 37.5 Å². The number of carbonyl (C=O) groups excluding carboxylic acids is 1. The molecule has 1 unspecified atom stereocenters. The molecular weight excluding hydrogens is 206 g/mol. The average molecular weight is 227 g/mol. The van der Waals surface area contributed by atoms with E-state index in [1.54, 1.807) is 0 Å². The highest BCUT2D eigenvalue weighted by molar-refractivity contribution is 5.78. The molecule has 0 aromatic heterocycles. The summed E-state index contributed by atoms with van der Waals surface area (Å²) in [5, 5.41) is 11.9. The Balaban J connectivity index is 1.70. The molecule has 1 amide bonds. The first kappa shape index (κ1) is 11.9. The monoisotopic (exact) mass is 227 g/mol. The van der Waals surface area contributed by atoms with Crippen molar-refractivity contribution in [2.75, 3.05) is 26.4 Å². The van der Waals surface area contributed by atoms with Crippen LogP contribution < -0.4 is 5.32 Å². The van der Waals surface area contributed by atoms with Crippen molar-refractivity contribution < 1.29 is 14.6 Å². The molecule has 16 heavy (non-hydrogen) atoms. The fourth-order valence-electron chi connectivity index (χ4n) is 2.30. The van der Waals surface area contributed by atoms with Gasteiger partial charge in [-0.25, -0.2) is 0 Å². The zero-order chi connectivity index (χ0) is 11.4. The highest BCUT2D eigenvalue weighted by Crippen LogP contribution is 2.47. The van der Waals surface area contributed by atoms with Gasteiger partial charge >= 0.3 is 0 Å². The van der Waals surface area contributed by atoms with Crippen molar-refractivity contribution in [3.63, 3.8) is 0 Å². The van der Waals surface area contributed by atoms with Crippen LogP contribution >= 0.6 is 0 Å². The molecule has 0 aromatic carbocycles. The average Bonchev–Trinajstić information content (AvgIpc) is 3.08. The Labute approximate surface area is 96.4 Å².